The summed E-state index contributed by atoms with van der Waals surface area (Å²) in [5, 5.41) is 3.05. The first kappa shape index (κ1) is 17.7. The van der Waals surface area contributed by atoms with Gasteiger partial charge in [-0.25, -0.2) is 0 Å². The van der Waals surface area contributed by atoms with E-state index in [4.69, 9.17) is 10.5 Å². The largest absolute Gasteiger partial charge is 0.381 e. The van der Waals surface area contributed by atoms with Crippen LogP contribution in [-0.4, -0.2) is 25.2 Å². The maximum absolute atomic E-state index is 12.6. The van der Waals surface area contributed by atoms with E-state index in [-0.39, 0.29) is 11.3 Å². The number of hydrogen-bond donors (Lipinski definition) is 2. The summed E-state index contributed by atoms with van der Waals surface area (Å²) in [6, 6.07) is 5.87. The Morgan fingerprint density at radius 1 is 1.23 bits per heavy atom. The molecule has 1 heterocycles. The number of hydrogen-bond acceptors (Lipinski definition) is 3. The van der Waals surface area contributed by atoms with E-state index < -0.39 is 6.04 Å². The first-order valence-electron chi connectivity index (χ1n) is 10.1. The van der Waals surface area contributed by atoms with Crippen molar-refractivity contribution in [3.05, 3.63) is 35.4 Å². The third-order valence-electron chi connectivity index (χ3n) is 6.69. The van der Waals surface area contributed by atoms with Crippen molar-refractivity contribution in [3.63, 3.8) is 0 Å². The minimum Gasteiger partial charge on any atom is -0.381 e. The normalized spacial score (nSPS) is 27.9. The molecule has 0 unspecified atom stereocenters. The monoisotopic (exact) mass is 354 g/mol. The molecule has 1 aromatic rings. The van der Waals surface area contributed by atoms with E-state index in [1.54, 1.807) is 0 Å². The number of ether oxygens (including phenoxy) is 1. The number of carbonyl (C=O) groups excluding carboxylic acids is 1. The Bertz CT molecular complexity index is 698. The topological polar surface area (TPSA) is 64.4 Å². The zero-order valence-electron chi connectivity index (χ0n) is 15.7. The van der Waals surface area contributed by atoms with E-state index in [0.29, 0.717) is 5.92 Å². The third kappa shape index (κ3) is 3.33. The van der Waals surface area contributed by atoms with Crippen molar-refractivity contribution in [2.24, 2.45) is 17.6 Å². The molecule has 2 fully saturated rings. The van der Waals surface area contributed by atoms with Crippen molar-refractivity contribution in [1.29, 1.82) is 0 Å². The maximum atomic E-state index is 12.6. The number of fused-ring (bicyclic) bond motifs is 2. The van der Waals surface area contributed by atoms with Crippen LogP contribution in [0.1, 0.15) is 56.6 Å². The highest BCUT2D eigenvalue weighted by molar-refractivity contribution is 5.95. The number of amides is 1. The summed E-state index contributed by atoms with van der Waals surface area (Å²) < 4.78 is 5.53. The van der Waals surface area contributed by atoms with E-state index in [2.05, 4.69) is 36.5 Å². The van der Waals surface area contributed by atoms with Crippen LogP contribution in [0.3, 0.4) is 0 Å². The second kappa shape index (κ2) is 7.16. The number of nitrogens with one attached hydrogen (secondary N) is 1. The lowest BCUT2D eigenvalue weighted by atomic mass is 9.76. The summed E-state index contributed by atoms with van der Waals surface area (Å²) >= 11 is 0. The van der Waals surface area contributed by atoms with Gasteiger partial charge in [0.15, 0.2) is 0 Å². The summed E-state index contributed by atoms with van der Waals surface area (Å²) in [5.41, 5.74) is 9.83. The molecule has 26 heavy (non-hydrogen) atoms. The Kier molecular flexibility index (Phi) is 4.89. The Hall–Kier alpha value is -1.65. The van der Waals surface area contributed by atoms with Crippen LogP contribution < -0.4 is 11.1 Å². The first-order valence-corrected chi connectivity index (χ1v) is 10.1. The van der Waals surface area contributed by atoms with Crippen LogP contribution >= 0.6 is 0 Å². The number of nitrogens with two attached hydrogens (primary N) is 1. The van der Waals surface area contributed by atoms with Crippen LogP contribution in [0.4, 0.5) is 5.69 Å². The standard InChI is InChI=1S/C22H30N2O2/c1-15-2-4-16(5-3-15)20(23)21(25)24-18-6-7-19-17(14-18)8-9-22(19)10-12-26-13-11-22/h6-9,14-16,20H,2-5,10-13,23H2,1H3,(H,24,25)/t15-,16-,20-/m0/s1. The molecule has 1 amide bonds. The molecule has 1 aliphatic heterocycles. The highest BCUT2D eigenvalue weighted by Crippen LogP contribution is 2.44. The summed E-state index contributed by atoms with van der Waals surface area (Å²) in [7, 11) is 0. The van der Waals surface area contributed by atoms with Gasteiger partial charge in [-0.3, -0.25) is 4.79 Å². The maximum Gasteiger partial charge on any atom is 0.241 e. The summed E-state index contributed by atoms with van der Waals surface area (Å²) in [6.07, 6.45) is 11.1. The van der Waals surface area contributed by atoms with Crippen LogP contribution in [0.2, 0.25) is 0 Å². The smallest absolute Gasteiger partial charge is 0.241 e. The fraction of sp³-hybridized carbons (Fsp3) is 0.591. The molecule has 2 aliphatic carbocycles. The molecule has 1 saturated carbocycles. The van der Waals surface area contributed by atoms with E-state index >= 15 is 0 Å². The molecule has 1 saturated heterocycles. The number of allylic oxidation sites excluding steroid dienone is 1. The second-order valence-electron chi connectivity index (χ2n) is 8.44. The van der Waals surface area contributed by atoms with Gasteiger partial charge in [0.25, 0.3) is 0 Å². The lowest BCUT2D eigenvalue weighted by Crippen LogP contribution is -2.43. The minimum absolute atomic E-state index is 0.0488. The third-order valence-corrected chi connectivity index (χ3v) is 6.69. The van der Waals surface area contributed by atoms with Crippen molar-refractivity contribution in [2.45, 2.75) is 56.9 Å². The zero-order chi connectivity index (χ0) is 18.1. The molecule has 3 N–H and O–H groups in total. The molecule has 3 aliphatic rings. The van der Waals surface area contributed by atoms with Crippen molar-refractivity contribution in [1.82, 2.24) is 0 Å². The zero-order valence-corrected chi connectivity index (χ0v) is 15.7. The molecule has 1 spiro atoms. The second-order valence-corrected chi connectivity index (χ2v) is 8.44. The summed E-state index contributed by atoms with van der Waals surface area (Å²) in [5.74, 6) is 1.03. The van der Waals surface area contributed by atoms with E-state index in [9.17, 15) is 4.79 Å². The first-order chi connectivity index (χ1) is 12.6. The molecule has 0 radical (unpaired) electrons. The molecule has 1 aromatic carbocycles. The molecular formula is C22H30N2O2. The molecule has 4 heteroatoms. The Labute approximate surface area is 156 Å². The average molecular weight is 354 g/mol. The van der Waals surface area contributed by atoms with Gasteiger partial charge < -0.3 is 15.8 Å². The van der Waals surface area contributed by atoms with Crippen molar-refractivity contribution >= 4 is 17.7 Å². The fourth-order valence-corrected chi connectivity index (χ4v) is 4.83. The highest BCUT2D eigenvalue weighted by atomic mass is 16.5. The molecule has 0 bridgehead atoms. The van der Waals surface area contributed by atoms with Gasteiger partial charge in [-0.2, -0.15) is 0 Å². The number of carbonyl (C=O) groups is 1. The van der Waals surface area contributed by atoms with Crippen molar-refractivity contribution in [2.75, 3.05) is 18.5 Å². The quantitative estimate of drug-likeness (QED) is 0.866. The van der Waals surface area contributed by atoms with Crippen LogP contribution in [-0.2, 0) is 14.9 Å². The van der Waals surface area contributed by atoms with Crippen LogP contribution in [0.25, 0.3) is 6.08 Å². The lowest BCUT2D eigenvalue weighted by molar-refractivity contribution is -0.118. The predicted octanol–water partition coefficient (Wildman–Crippen LogP) is 3.85. The van der Waals surface area contributed by atoms with Gasteiger partial charge in [0.1, 0.15) is 0 Å². The minimum atomic E-state index is -0.409. The van der Waals surface area contributed by atoms with Gasteiger partial charge in [-0.05, 0) is 60.8 Å². The van der Waals surface area contributed by atoms with Crippen LogP contribution in [0, 0.1) is 11.8 Å². The van der Waals surface area contributed by atoms with Crippen LogP contribution in [0.15, 0.2) is 24.3 Å². The molecule has 0 aromatic heterocycles. The molecular weight excluding hydrogens is 324 g/mol. The summed E-state index contributed by atoms with van der Waals surface area (Å²) in [4.78, 5) is 12.6. The van der Waals surface area contributed by atoms with Gasteiger partial charge in [0.2, 0.25) is 5.91 Å². The van der Waals surface area contributed by atoms with E-state index in [1.807, 2.05) is 6.07 Å². The van der Waals surface area contributed by atoms with Crippen molar-refractivity contribution < 1.29 is 9.53 Å². The van der Waals surface area contributed by atoms with Gasteiger partial charge in [0, 0.05) is 24.3 Å². The molecule has 140 valence electrons. The Morgan fingerprint density at radius 2 is 1.96 bits per heavy atom. The molecule has 4 nitrogen and oxygen atoms in total. The molecule has 1 atom stereocenters. The molecule has 4 rings (SSSR count). The average Bonchev–Trinajstić information content (AvgIpc) is 3.00. The van der Waals surface area contributed by atoms with E-state index in [0.717, 1.165) is 50.5 Å². The van der Waals surface area contributed by atoms with E-state index in [1.165, 1.54) is 24.0 Å². The number of benzene rings is 1. The van der Waals surface area contributed by atoms with Gasteiger partial charge in [0.05, 0.1) is 6.04 Å². The fourth-order valence-electron chi connectivity index (χ4n) is 4.83. The van der Waals surface area contributed by atoms with Crippen molar-refractivity contribution in [3.8, 4) is 0 Å². The van der Waals surface area contributed by atoms with Gasteiger partial charge in [-0.1, -0.05) is 38.0 Å². The number of rotatable bonds is 3. The number of anilines is 1. The van der Waals surface area contributed by atoms with Gasteiger partial charge >= 0.3 is 0 Å². The highest BCUT2D eigenvalue weighted by Gasteiger charge is 2.36. The van der Waals surface area contributed by atoms with Crippen LogP contribution in [0.5, 0.6) is 0 Å². The SMILES string of the molecule is C[C@H]1CC[C@H]([C@H](N)C(=O)Nc2ccc3c(c2)C=CC32CCOCC2)CC1. The summed E-state index contributed by atoms with van der Waals surface area (Å²) in [6.45, 7) is 3.92. The Morgan fingerprint density at radius 3 is 2.69 bits per heavy atom. The Balaban J connectivity index is 1.43. The predicted molar refractivity (Wildman–Crippen MR) is 105 cm³/mol. The van der Waals surface area contributed by atoms with Gasteiger partial charge in [-0.15, -0.1) is 0 Å². The lowest BCUT2D eigenvalue weighted by Gasteiger charge is -2.33.